The first-order valence-electron chi connectivity index (χ1n) is 10.8. The minimum atomic E-state index is -1.16. The van der Waals surface area contributed by atoms with Crippen molar-refractivity contribution < 1.29 is 29.1 Å². The van der Waals surface area contributed by atoms with Gasteiger partial charge in [0.15, 0.2) is 6.61 Å². The molecule has 0 saturated heterocycles. The number of ether oxygens (including phenoxy) is 1. The Morgan fingerprint density at radius 3 is 2.33 bits per heavy atom. The molecule has 2 unspecified atom stereocenters. The number of amides is 2. The average molecular weight is 450 g/mol. The highest BCUT2D eigenvalue weighted by molar-refractivity contribution is 5.80. The Bertz CT molecular complexity index is 1040. The highest BCUT2D eigenvalue weighted by Crippen LogP contribution is 2.44. The zero-order valence-corrected chi connectivity index (χ0v) is 18.3. The number of hydrogen-bond acceptors (Lipinski definition) is 5. The predicted octanol–water partition coefficient (Wildman–Crippen LogP) is 3.33. The second-order valence-corrected chi connectivity index (χ2v) is 8.18. The number of carbonyl (C=O) groups excluding carboxylic acids is 2. The topological polar surface area (TPSA) is 105 Å². The summed E-state index contributed by atoms with van der Waals surface area (Å²) in [6, 6.07) is 15.9. The van der Waals surface area contributed by atoms with Crippen LogP contribution in [-0.4, -0.2) is 54.4 Å². The van der Waals surface area contributed by atoms with Gasteiger partial charge in [0, 0.05) is 18.9 Å². The summed E-state index contributed by atoms with van der Waals surface area (Å²) in [5.41, 5.74) is 4.60. The summed E-state index contributed by atoms with van der Waals surface area (Å²) in [6.45, 7) is -0.378. The van der Waals surface area contributed by atoms with Crippen molar-refractivity contribution in [2.24, 2.45) is 5.92 Å². The van der Waals surface area contributed by atoms with Crippen molar-refractivity contribution in [1.82, 2.24) is 10.4 Å². The summed E-state index contributed by atoms with van der Waals surface area (Å²) in [6.07, 6.45) is 3.98. The Kier molecular flexibility index (Phi) is 6.74. The van der Waals surface area contributed by atoms with Crippen LogP contribution in [-0.2, 0) is 19.2 Å². The summed E-state index contributed by atoms with van der Waals surface area (Å²) < 4.78 is 5.58. The third-order valence-electron chi connectivity index (χ3n) is 6.02. The first-order chi connectivity index (χ1) is 15.9. The molecule has 0 radical (unpaired) electrons. The zero-order chi connectivity index (χ0) is 23.4. The number of hydrogen-bond donors (Lipinski definition) is 2. The van der Waals surface area contributed by atoms with Crippen molar-refractivity contribution in [3.63, 3.8) is 0 Å². The van der Waals surface area contributed by atoms with Crippen LogP contribution in [0, 0.1) is 5.92 Å². The van der Waals surface area contributed by atoms with Gasteiger partial charge in [-0.25, -0.2) is 14.7 Å². The van der Waals surface area contributed by atoms with Gasteiger partial charge >= 0.3 is 12.1 Å². The van der Waals surface area contributed by atoms with E-state index in [2.05, 4.69) is 29.6 Å². The average Bonchev–Trinajstić information content (AvgIpc) is 3.14. The number of hydroxylamine groups is 2. The molecular formula is C25H26N2O6. The standard InChI is InChI=1S/C25H26N2O6/c1-27(33-15-23(28)29)24(30)16-7-6-8-17(13-16)26-25(31)32-14-22-20-11-4-2-9-18(20)19-10-3-5-12-21(19)22/h2-6,8-12,16-17,22H,7,13-15H2,1H3,(H,26,31)(H,28,29). The van der Waals surface area contributed by atoms with Crippen molar-refractivity contribution in [3.8, 4) is 11.1 Å². The normalized spacial score (nSPS) is 18.8. The maximum Gasteiger partial charge on any atom is 0.407 e. The largest absolute Gasteiger partial charge is 0.479 e. The molecular weight excluding hydrogens is 424 g/mol. The van der Waals surface area contributed by atoms with E-state index < -0.39 is 24.6 Å². The van der Waals surface area contributed by atoms with E-state index in [0.29, 0.717) is 12.8 Å². The number of fused-ring (bicyclic) bond motifs is 3. The minimum absolute atomic E-state index is 0.0283. The summed E-state index contributed by atoms with van der Waals surface area (Å²) in [5, 5.41) is 12.5. The second kappa shape index (κ2) is 9.87. The van der Waals surface area contributed by atoms with Crippen LogP contribution in [0.15, 0.2) is 60.7 Å². The molecule has 4 rings (SSSR count). The molecule has 0 aromatic heterocycles. The van der Waals surface area contributed by atoms with Gasteiger partial charge in [-0.1, -0.05) is 60.7 Å². The summed E-state index contributed by atoms with van der Waals surface area (Å²) in [5.74, 6) is -1.94. The van der Waals surface area contributed by atoms with Gasteiger partial charge in [-0.15, -0.1) is 0 Å². The number of alkyl carbamates (subject to hydrolysis) is 1. The van der Waals surface area contributed by atoms with E-state index in [1.165, 1.54) is 7.05 Å². The van der Waals surface area contributed by atoms with E-state index in [9.17, 15) is 14.4 Å². The summed E-state index contributed by atoms with van der Waals surface area (Å²) >= 11 is 0. The first kappa shape index (κ1) is 22.5. The van der Waals surface area contributed by atoms with Gasteiger partial charge in [0.25, 0.3) is 0 Å². The Morgan fingerprint density at radius 1 is 1.06 bits per heavy atom. The monoisotopic (exact) mass is 450 g/mol. The van der Waals surface area contributed by atoms with E-state index in [1.807, 2.05) is 36.4 Å². The van der Waals surface area contributed by atoms with Crippen LogP contribution in [0.2, 0.25) is 0 Å². The smallest absolute Gasteiger partial charge is 0.407 e. The summed E-state index contributed by atoms with van der Waals surface area (Å²) in [4.78, 5) is 40.6. The summed E-state index contributed by atoms with van der Waals surface area (Å²) in [7, 11) is 1.39. The molecule has 2 aromatic rings. The maximum absolute atomic E-state index is 12.5. The molecule has 0 aliphatic heterocycles. The molecule has 0 bridgehead atoms. The number of carboxylic acids is 1. The Hall–Kier alpha value is -3.65. The van der Waals surface area contributed by atoms with Crippen molar-refractivity contribution in [1.29, 1.82) is 0 Å². The molecule has 8 heteroatoms. The third-order valence-corrected chi connectivity index (χ3v) is 6.02. The highest BCUT2D eigenvalue weighted by atomic mass is 16.7. The SMILES string of the molecule is CN(OCC(=O)O)C(=O)C1CC=CC(NC(=O)OCC2c3ccccc3-c3ccccc32)C1. The fourth-order valence-corrected chi connectivity index (χ4v) is 4.46. The Morgan fingerprint density at radius 2 is 1.70 bits per heavy atom. The van der Waals surface area contributed by atoms with Crippen LogP contribution in [0.5, 0.6) is 0 Å². The van der Waals surface area contributed by atoms with E-state index >= 15 is 0 Å². The number of carbonyl (C=O) groups is 3. The molecule has 172 valence electrons. The number of allylic oxidation sites excluding steroid dienone is 1. The first-order valence-corrected chi connectivity index (χ1v) is 10.8. The van der Waals surface area contributed by atoms with Crippen LogP contribution in [0.4, 0.5) is 4.79 Å². The molecule has 2 aliphatic carbocycles. The van der Waals surface area contributed by atoms with Gasteiger partial charge in [-0.2, -0.15) is 0 Å². The zero-order valence-electron chi connectivity index (χ0n) is 18.3. The lowest BCUT2D eigenvalue weighted by atomic mass is 9.90. The van der Waals surface area contributed by atoms with Crippen LogP contribution in [0.1, 0.15) is 29.9 Å². The van der Waals surface area contributed by atoms with Crippen LogP contribution in [0.25, 0.3) is 11.1 Å². The van der Waals surface area contributed by atoms with Gasteiger partial charge in [0.1, 0.15) is 6.61 Å². The fourth-order valence-electron chi connectivity index (χ4n) is 4.46. The second-order valence-electron chi connectivity index (χ2n) is 8.18. The lowest BCUT2D eigenvalue weighted by molar-refractivity contribution is -0.189. The van der Waals surface area contributed by atoms with E-state index in [0.717, 1.165) is 27.3 Å². The minimum Gasteiger partial charge on any atom is -0.479 e. The molecule has 2 aromatic carbocycles. The number of benzene rings is 2. The van der Waals surface area contributed by atoms with Gasteiger partial charge in [0.05, 0.1) is 6.04 Å². The molecule has 33 heavy (non-hydrogen) atoms. The number of rotatable bonds is 7. The van der Waals surface area contributed by atoms with E-state index in [1.54, 1.807) is 0 Å². The highest BCUT2D eigenvalue weighted by Gasteiger charge is 2.31. The van der Waals surface area contributed by atoms with E-state index in [4.69, 9.17) is 14.7 Å². The molecule has 0 fully saturated rings. The van der Waals surface area contributed by atoms with Crippen molar-refractivity contribution >= 4 is 18.0 Å². The van der Waals surface area contributed by atoms with Gasteiger partial charge in [0.2, 0.25) is 5.91 Å². The van der Waals surface area contributed by atoms with Gasteiger partial charge in [-0.3, -0.25) is 9.63 Å². The molecule has 2 aliphatic rings. The molecule has 0 saturated carbocycles. The van der Waals surface area contributed by atoms with Crippen LogP contribution >= 0.6 is 0 Å². The number of carboxylic acid groups (broad SMARTS) is 1. The number of nitrogens with one attached hydrogen (secondary N) is 1. The molecule has 0 spiro atoms. The van der Waals surface area contributed by atoms with Gasteiger partial charge < -0.3 is 15.2 Å². The third kappa shape index (κ3) is 5.06. The quantitative estimate of drug-likeness (QED) is 0.495. The van der Waals surface area contributed by atoms with Crippen molar-refractivity contribution in [2.75, 3.05) is 20.3 Å². The lowest BCUT2D eigenvalue weighted by Gasteiger charge is -2.27. The van der Waals surface area contributed by atoms with Crippen molar-refractivity contribution in [3.05, 3.63) is 71.8 Å². The predicted molar refractivity (Wildman–Crippen MR) is 120 cm³/mol. The number of aliphatic carboxylic acids is 1. The maximum atomic E-state index is 12.5. The molecule has 0 heterocycles. The Balaban J connectivity index is 1.32. The lowest BCUT2D eigenvalue weighted by Crippen LogP contribution is -2.41. The molecule has 2 N–H and O–H groups in total. The van der Waals surface area contributed by atoms with Crippen LogP contribution < -0.4 is 5.32 Å². The Labute approximate surface area is 191 Å². The van der Waals surface area contributed by atoms with Gasteiger partial charge in [-0.05, 0) is 35.1 Å². The molecule has 8 nitrogen and oxygen atoms in total. The van der Waals surface area contributed by atoms with Crippen LogP contribution in [0.3, 0.4) is 0 Å². The molecule has 2 atom stereocenters. The van der Waals surface area contributed by atoms with E-state index in [-0.39, 0.29) is 24.5 Å². The van der Waals surface area contributed by atoms with Crippen molar-refractivity contribution in [2.45, 2.75) is 24.8 Å². The molecule has 2 amide bonds. The number of nitrogens with zero attached hydrogens (tertiary/aromatic N) is 1. The fraction of sp³-hybridized carbons (Fsp3) is 0.320.